The second kappa shape index (κ2) is 11.7. The lowest BCUT2D eigenvalue weighted by Gasteiger charge is -2.53. The van der Waals surface area contributed by atoms with Crippen molar-refractivity contribution in [1.82, 2.24) is 0 Å². The van der Waals surface area contributed by atoms with E-state index in [4.69, 9.17) is 0 Å². The van der Waals surface area contributed by atoms with Gasteiger partial charge in [0.2, 0.25) is 0 Å². The number of carbonyl (C=O) groups is 6. The predicted molar refractivity (Wildman–Crippen MR) is 249 cm³/mol. The largest absolute Gasteiger partial charge is 0.289 e. The second-order valence-electron chi connectivity index (χ2n) is 20.2. The van der Waals surface area contributed by atoms with Crippen molar-refractivity contribution in [3.05, 3.63) is 279 Å². The second-order valence-corrected chi connectivity index (χ2v) is 20.2. The van der Waals surface area contributed by atoms with Gasteiger partial charge in [0.15, 0.2) is 34.7 Å². The van der Waals surface area contributed by atoms with E-state index in [0.29, 0.717) is 44.6 Å². The molecule has 0 saturated carbocycles. The van der Waals surface area contributed by atoms with E-state index in [1.807, 2.05) is 97.1 Å². The number of ketones is 6. The summed E-state index contributed by atoms with van der Waals surface area (Å²) in [6, 6.07) is 47.5. The van der Waals surface area contributed by atoms with Crippen molar-refractivity contribution in [3.8, 4) is 0 Å². The molecule has 4 atom stereocenters. The van der Waals surface area contributed by atoms with Gasteiger partial charge in [0.1, 0.15) is 0 Å². The van der Waals surface area contributed by atoms with Crippen molar-refractivity contribution in [2.24, 2.45) is 0 Å². The lowest BCUT2D eigenvalue weighted by atomic mass is 9.47. The highest BCUT2D eigenvalue weighted by atomic mass is 16.2. The first-order valence-electron chi connectivity index (χ1n) is 23.6. The van der Waals surface area contributed by atoms with Crippen LogP contribution >= 0.6 is 0 Å². The molecule has 8 bridgehead atoms. The van der Waals surface area contributed by atoms with Gasteiger partial charge in [-0.15, -0.1) is 0 Å². The Balaban J connectivity index is 0.860. The van der Waals surface area contributed by atoms with Gasteiger partial charge in [-0.2, -0.15) is 0 Å². The molecule has 0 aliphatic heterocycles. The molecular formula is C62H32O6. The zero-order chi connectivity index (χ0) is 44.9. The van der Waals surface area contributed by atoms with Crippen LogP contribution in [0.5, 0.6) is 0 Å². The fraction of sp³-hybridized carbons (Fsp3) is 0.129. The molecule has 21 rings (SSSR count). The van der Waals surface area contributed by atoms with E-state index in [2.05, 4.69) is 48.5 Å². The summed E-state index contributed by atoms with van der Waals surface area (Å²) in [4.78, 5) is 95.7. The maximum Gasteiger partial charge on any atom is 0.187 e. The van der Waals surface area contributed by atoms with Crippen molar-refractivity contribution < 1.29 is 28.8 Å². The van der Waals surface area contributed by atoms with Gasteiger partial charge < -0.3 is 0 Å². The van der Waals surface area contributed by atoms with Crippen LogP contribution in [0.2, 0.25) is 0 Å². The molecule has 316 valence electrons. The van der Waals surface area contributed by atoms with Gasteiger partial charge in [-0.1, -0.05) is 146 Å². The van der Waals surface area contributed by atoms with Gasteiger partial charge in [0, 0.05) is 114 Å². The third-order valence-electron chi connectivity index (χ3n) is 17.8. The molecule has 6 nitrogen and oxygen atoms in total. The van der Waals surface area contributed by atoms with Gasteiger partial charge in [0.25, 0.3) is 0 Å². The van der Waals surface area contributed by atoms with E-state index in [9.17, 15) is 0 Å². The number of allylic oxidation sites excluding steroid dienone is 12. The normalized spacial score (nSPS) is 28.4. The summed E-state index contributed by atoms with van der Waals surface area (Å²) in [7, 11) is 0. The van der Waals surface area contributed by atoms with E-state index in [1.54, 1.807) is 0 Å². The van der Waals surface area contributed by atoms with Crippen molar-refractivity contribution >= 4 is 34.7 Å². The molecule has 68 heavy (non-hydrogen) atoms. The zero-order valence-corrected chi connectivity index (χ0v) is 35.9. The molecule has 0 radical (unpaired) electrons. The Morgan fingerprint density at radius 1 is 0.162 bits per heavy atom. The van der Waals surface area contributed by atoms with Crippen LogP contribution in [0.3, 0.4) is 0 Å². The molecule has 6 heteroatoms. The van der Waals surface area contributed by atoms with Gasteiger partial charge in [-0.3, -0.25) is 28.8 Å². The monoisotopic (exact) mass is 872 g/mol. The number of hydrogen-bond donors (Lipinski definition) is 0. The Labute approximate surface area is 388 Å². The summed E-state index contributed by atoms with van der Waals surface area (Å²) in [5.41, 5.74) is 14.9. The van der Waals surface area contributed by atoms with Crippen LogP contribution < -0.4 is 0 Å². The van der Waals surface area contributed by atoms with E-state index in [0.717, 1.165) is 66.8 Å². The Bertz CT molecular complexity index is 3370. The summed E-state index contributed by atoms with van der Waals surface area (Å²) < 4.78 is 0. The fourth-order valence-electron chi connectivity index (χ4n) is 15.7. The van der Waals surface area contributed by atoms with E-state index >= 15 is 28.8 Å². The SMILES string of the molecule is O=C1C2=C(C(=O)C3=C1[C@@H]1C4=C(C(=O)C5=C(C4=O)[C@@H]4C6=C(C(=O)C7=C(C6=O)C6c8ccccc8C7c7ccccc76)[C@H]5c5ccccc54)[C@H]3c3ccccc31)C1c3ccccc3C2c2ccccc21. The highest BCUT2D eigenvalue weighted by molar-refractivity contribution is 6.38. The number of Topliss-reactive ketones (excluding diaryl/α,β-unsaturated/α-hetero) is 6. The molecule has 0 heterocycles. The number of rotatable bonds is 0. The first-order chi connectivity index (χ1) is 33.4. The summed E-state index contributed by atoms with van der Waals surface area (Å²) in [6.45, 7) is 0. The Hall–Kier alpha value is -8.22. The topological polar surface area (TPSA) is 102 Å². The van der Waals surface area contributed by atoms with Crippen LogP contribution in [0.1, 0.15) is 114 Å². The molecule has 15 aliphatic rings. The molecule has 15 aliphatic carbocycles. The van der Waals surface area contributed by atoms with Crippen molar-refractivity contribution in [1.29, 1.82) is 0 Å². The maximum absolute atomic E-state index is 16.2. The van der Waals surface area contributed by atoms with E-state index in [1.165, 1.54) is 0 Å². The Kier molecular flexibility index (Phi) is 6.16. The molecule has 6 aromatic carbocycles. The average molecular weight is 873 g/mol. The minimum Gasteiger partial charge on any atom is -0.289 e. The highest BCUT2D eigenvalue weighted by Gasteiger charge is 2.64. The van der Waals surface area contributed by atoms with Crippen LogP contribution in [-0.4, -0.2) is 34.7 Å². The predicted octanol–water partition coefficient (Wildman–Crippen LogP) is 9.59. The van der Waals surface area contributed by atoms with Gasteiger partial charge >= 0.3 is 0 Å². The lowest BCUT2D eigenvalue weighted by molar-refractivity contribution is -0.120. The third-order valence-corrected chi connectivity index (χ3v) is 17.8. The van der Waals surface area contributed by atoms with Crippen LogP contribution in [0.25, 0.3) is 0 Å². The van der Waals surface area contributed by atoms with Crippen LogP contribution in [-0.2, 0) is 28.8 Å². The smallest absolute Gasteiger partial charge is 0.187 e. The van der Waals surface area contributed by atoms with E-state index < -0.39 is 47.3 Å². The molecule has 0 saturated heterocycles. The molecule has 0 N–H and O–H groups in total. The molecule has 0 amide bonds. The van der Waals surface area contributed by atoms with Crippen LogP contribution in [0, 0.1) is 0 Å². The standard InChI is InChI=1S/C62H32O6/c63-57-45-37-25-13-1-2-14-26(25)38(28-16-4-3-15-27(28)37)46(45)58(64)50-42-34-22-10-9-21-33(34)41(49(50)57)53-54(42)62(68)56-44-36-24-12-11-23-35(36)43(55(56)61(53)67)51-52(44)60(66)48-40-31-19-7-5-17-29(31)39(47(48)59(51)65)30-18-6-8-20-32(30)40/h1-24,37-44H/t37?,38?,39?,40?,41-,42+,43+,44-. The lowest BCUT2D eigenvalue weighted by Crippen LogP contribution is -2.50. The van der Waals surface area contributed by atoms with E-state index in [-0.39, 0.29) is 57.0 Å². The number of benzene rings is 6. The van der Waals surface area contributed by atoms with Gasteiger partial charge in [0.05, 0.1) is 0 Å². The third kappa shape index (κ3) is 3.65. The highest BCUT2D eigenvalue weighted by Crippen LogP contribution is 2.69. The van der Waals surface area contributed by atoms with Crippen LogP contribution in [0.4, 0.5) is 0 Å². The Morgan fingerprint density at radius 2 is 0.265 bits per heavy atom. The number of hydrogen-bond acceptors (Lipinski definition) is 6. The molecule has 0 fully saturated rings. The van der Waals surface area contributed by atoms with Crippen molar-refractivity contribution in [3.63, 3.8) is 0 Å². The number of carbonyl (C=O) groups excluding carboxylic acids is 6. The Morgan fingerprint density at radius 3 is 0.397 bits per heavy atom. The minimum atomic E-state index is -0.979. The van der Waals surface area contributed by atoms with Gasteiger partial charge in [-0.25, -0.2) is 0 Å². The molecule has 0 aromatic heterocycles. The van der Waals surface area contributed by atoms with Crippen LogP contribution in [0.15, 0.2) is 212 Å². The summed E-state index contributed by atoms with van der Waals surface area (Å²) >= 11 is 0. The first kappa shape index (κ1) is 36.0. The summed E-state index contributed by atoms with van der Waals surface area (Å²) in [5.74, 6) is -7.52. The quantitative estimate of drug-likeness (QED) is 0.141. The van der Waals surface area contributed by atoms with Crippen molar-refractivity contribution in [2.45, 2.75) is 47.3 Å². The summed E-state index contributed by atoms with van der Waals surface area (Å²) in [6.07, 6.45) is 0. The molecule has 0 unspecified atom stereocenters. The minimum absolute atomic E-state index is 0.226. The first-order valence-corrected chi connectivity index (χ1v) is 23.6. The van der Waals surface area contributed by atoms with Crippen molar-refractivity contribution in [2.75, 3.05) is 0 Å². The fourth-order valence-corrected chi connectivity index (χ4v) is 15.7. The maximum atomic E-state index is 16.2. The zero-order valence-electron chi connectivity index (χ0n) is 35.9. The molecule has 6 aromatic rings. The summed E-state index contributed by atoms with van der Waals surface area (Å²) in [5, 5.41) is 0. The molecule has 0 spiro atoms. The van der Waals surface area contributed by atoms with Gasteiger partial charge in [-0.05, 0) is 66.8 Å². The molecular weight excluding hydrogens is 841 g/mol. The average Bonchev–Trinajstić information content (AvgIpc) is 3.39.